The Bertz CT molecular complexity index is 509. The second kappa shape index (κ2) is 6.23. The maximum Gasteiger partial charge on any atom is 0.199 e. The second-order valence-electron chi connectivity index (χ2n) is 4.41. The lowest BCUT2D eigenvalue weighted by Gasteiger charge is -2.12. The number of methoxy groups -OCH3 is 1. The molecule has 0 radical (unpaired) electrons. The molecule has 1 unspecified atom stereocenters. The number of hydrogen-bond acceptors (Lipinski definition) is 3. The van der Waals surface area contributed by atoms with Crippen molar-refractivity contribution >= 4 is 22.6 Å². The van der Waals surface area contributed by atoms with Gasteiger partial charge in [-0.3, -0.25) is 0 Å². The van der Waals surface area contributed by atoms with E-state index in [-0.39, 0.29) is 0 Å². The van der Waals surface area contributed by atoms with E-state index in [0.29, 0.717) is 17.8 Å². The van der Waals surface area contributed by atoms with Crippen LogP contribution >= 0.6 is 11.6 Å². The zero-order valence-corrected chi connectivity index (χ0v) is 11.5. The predicted octanol–water partition coefficient (Wildman–Crippen LogP) is 3.60. The van der Waals surface area contributed by atoms with Crippen LogP contribution in [0.15, 0.2) is 28.7 Å². The van der Waals surface area contributed by atoms with Crippen molar-refractivity contribution in [2.45, 2.75) is 25.9 Å². The lowest BCUT2D eigenvalue weighted by Crippen LogP contribution is -2.26. The van der Waals surface area contributed by atoms with Crippen molar-refractivity contribution in [1.82, 2.24) is 5.32 Å². The zero-order valence-electron chi connectivity index (χ0n) is 10.7. The van der Waals surface area contributed by atoms with Crippen molar-refractivity contribution in [3.8, 4) is 0 Å². The summed E-state index contributed by atoms with van der Waals surface area (Å²) < 4.78 is 10.6. The van der Waals surface area contributed by atoms with Gasteiger partial charge < -0.3 is 14.5 Å². The summed E-state index contributed by atoms with van der Waals surface area (Å²) in [6.45, 7) is 3.60. The molecule has 4 heteroatoms. The summed E-state index contributed by atoms with van der Waals surface area (Å²) in [6, 6.07) is 8.28. The van der Waals surface area contributed by atoms with Crippen LogP contribution in [0.5, 0.6) is 0 Å². The average molecular weight is 268 g/mol. The molecule has 0 aliphatic rings. The highest BCUT2D eigenvalue weighted by atomic mass is 35.5. The topological polar surface area (TPSA) is 34.4 Å². The number of furan rings is 1. The molecule has 98 valence electrons. The first kappa shape index (κ1) is 13.4. The van der Waals surface area contributed by atoms with E-state index in [2.05, 4.69) is 12.2 Å². The van der Waals surface area contributed by atoms with Crippen molar-refractivity contribution in [3.05, 3.63) is 35.0 Å². The first-order chi connectivity index (χ1) is 8.72. The third kappa shape index (κ3) is 3.05. The average Bonchev–Trinajstić information content (AvgIpc) is 2.69. The molecule has 0 amide bonds. The molecule has 0 saturated heterocycles. The van der Waals surface area contributed by atoms with E-state index in [1.807, 2.05) is 24.3 Å². The van der Waals surface area contributed by atoms with Gasteiger partial charge in [-0.2, -0.15) is 0 Å². The van der Waals surface area contributed by atoms with Gasteiger partial charge in [0.05, 0.1) is 0 Å². The second-order valence-corrected chi connectivity index (χ2v) is 4.76. The fourth-order valence-corrected chi connectivity index (χ4v) is 2.16. The number of nitrogens with one attached hydrogen (secondary N) is 1. The maximum atomic E-state index is 6.12. The Labute approximate surface area is 112 Å². The van der Waals surface area contributed by atoms with Crippen molar-refractivity contribution in [2.75, 3.05) is 13.7 Å². The SMILES string of the molecule is COCCC(C)NCc1c(Cl)oc2ccccc12. The molecule has 1 N–H and O–H groups in total. The molecule has 0 spiro atoms. The van der Waals surface area contributed by atoms with Crippen LogP contribution in [0.25, 0.3) is 11.0 Å². The Morgan fingerprint density at radius 2 is 2.17 bits per heavy atom. The fraction of sp³-hybridized carbons (Fsp3) is 0.429. The van der Waals surface area contributed by atoms with E-state index in [9.17, 15) is 0 Å². The molecule has 0 aliphatic carbocycles. The molecule has 2 rings (SSSR count). The number of para-hydroxylation sites is 1. The molecule has 0 saturated carbocycles. The Morgan fingerprint density at radius 1 is 1.39 bits per heavy atom. The molecule has 0 bridgehead atoms. The standard InChI is InChI=1S/C14H18ClNO2/c1-10(7-8-17-2)16-9-12-11-5-3-4-6-13(11)18-14(12)15/h3-6,10,16H,7-9H2,1-2H3. The number of benzene rings is 1. The molecule has 3 nitrogen and oxygen atoms in total. The van der Waals surface area contributed by atoms with Gasteiger partial charge in [-0.25, -0.2) is 0 Å². The van der Waals surface area contributed by atoms with Crippen LogP contribution in [0.3, 0.4) is 0 Å². The van der Waals surface area contributed by atoms with Gasteiger partial charge in [0.1, 0.15) is 5.58 Å². The first-order valence-electron chi connectivity index (χ1n) is 6.10. The molecule has 18 heavy (non-hydrogen) atoms. The Kier molecular flexibility index (Phi) is 4.64. The van der Waals surface area contributed by atoms with E-state index in [4.69, 9.17) is 20.8 Å². The lowest BCUT2D eigenvalue weighted by molar-refractivity contribution is 0.184. The van der Waals surface area contributed by atoms with Gasteiger partial charge in [-0.05, 0) is 31.0 Å². The smallest absolute Gasteiger partial charge is 0.199 e. The van der Waals surface area contributed by atoms with Gasteiger partial charge >= 0.3 is 0 Å². The molecule has 1 heterocycles. The van der Waals surface area contributed by atoms with Crippen LogP contribution in [-0.2, 0) is 11.3 Å². The summed E-state index contributed by atoms with van der Waals surface area (Å²) in [7, 11) is 1.72. The number of fused-ring (bicyclic) bond motifs is 1. The number of hydrogen-bond donors (Lipinski definition) is 1. The van der Waals surface area contributed by atoms with Crippen molar-refractivity contribution < 1.29 is 9.15 Å². The van der Waals surface area contributed by atoms with E-state index < -0.39 is 0 Å². The van der Waals surface area contributed by atoms with Crippen LogP contribution < -0.4 is 5.32 Å². The number of ether oxygens (including phenoxy) is 1. The van der Waals surface area contributed by atoms with Crippen LogP contribution in [0.2, 0.25) is 5.22 Å². The van der Waals surface area contributed by atoms with Crippen LogP contribution in [0, 0.1) is 0 Å². The lowest BCUT2D eigenvalue weighted by atomic mass is 10.1. The third-order valence-electron chi connectivity index (χ3n) is 3.03. The number of rotatable bonds is 6. The van der Waals surface area contributed by atoms with Crippen LogP contribution in [0.4, 0.5) is 0 Å². The molecule has 2 aromatic rings. The van der Waals surface area contributed by atoms with Crippen molar-refractivity contribution in [1.29, 1.82) is 0 Å². The van der Waals surface area contributed by atoms with Gasteiger partial charge in [-0.15, -0.1) is 0 Å². The van der Waals surface area contributed by atoms with E-state index >= 15 is 0 Å². The fourth-order valence-electron chi connectivity index (χ4n) is 1.91. The minimum atomic E-state index is 0.384. The molecule has 0 fully saturated rings. The quantitative estimate of drug-likeness (QED) is 0.868. The summed E-state index contributed by atoms with van der Waals surface area (Å²) >= 11 is 6.12. The highest BCUT2D eigenvalue weighted by Gasteiger charge is 2.12. The third-order valence-corrected chi connectivity index (χ3v) is 3.34. The monoisotopic (exact) mass is 267 g/mol. The molecule has 0 aliphatic heterocycles. The summed E-state index contributed by atoms with van der Waals surface area (Å²) in [5.74, 6) is 0. The van der Waals surface area contributed by atoms with Crippen LogP contribution in [0.1, 0.15) is 18.9 Å². The van der Waals surface area contributed by atoms with Crippen LogP contribution in [-0.4, -0.2) is 19.8 Å². The summed E-state index contributed by atoms with van der Waals surface area (Å²) in [6.07, 6.45) is 0.976. The first-order valence-corrected chi connectivity index (χ1v) is 6.48. The number of halogens is 1. The highest BCUT2D eigenvalue weighted by Crippen LogP contribution is 2.29. The van der Waals surface area contributed by atoms with E-state index in [1.165, 1.54) is 0 Å². The zero-order chi connectivity index (χ0) is 13.0. The Morgan fingerprint density at radius 3 is 2.94 bits per heavy atom. The van der Waals surface area contributed by atoms with Gasteiger partial charge in [0, 0.05) is 37.3 Å². The molecular formula is C14H18ClNO2. The molecule has 1 aromatic carbocycles. The predicted molar refractivity (Wildman–Crippen MR) is 74.0 cm³/mol. The molecule has 1 atom stereocenters. The highest BCUT2D eigenvalue weighted by molar-refractivity contribution is 6.30. The Hall–Kier alpha value is -1.03. The normalized spacial score (nSPS) is 13.1. The van der Waals surface area contributed by atoms with Crippen molar-refractivity contribution in [2.24, 2.45) is 0 Å². The van der Waals surface area contributed by atoms with Gasteiger partial charge in [0.2, 0.25) is 0 Å². The minimum Gasteiger partial charge on any atom is -0.444 e. The van der Waals surface area contributed by atoms with Gasteiger partial charge in [0.25, 0.3) is 0 Å². The van der Waals surface area contributed by atoms with Gasteiger partial charge in [-0.1, -0.05) is 18.2 Å². The maximum absolute atomic E-state index is 6.12. The largest absolute Gasteiger partial charge is 0.444 e. The minimum absolute atomic E-state index is 0.384. The summed E-state index contributed by atoms with van der Waals surface area (Å²) in [4.78, 5) is 0. The molecule has 1 aromatic heterocycles. The summed E-state index contributed by atoms with van der Waals surface area (Å²) in [5, 5.41) is 4.98. The van der Waals surface area contributed by atoms with Crippen molar-refractivity contribution in [3.63, 3.8) is 0 Å². The van der Waals surface area contributed by atoms with E-state index in [1.54, 1.807) is 7.11 Å². The summed E-state index contributed by atoms with van der Waals surface area (Å²) in [5.41, 5.74) is 1.86. The van der Waals surface area contributed by atoms with E-state index in [0.717, 1.165) is 29.6 Å². The molecular weight excluding hydrogens is 250 g/mol. The van der Waals surface area contributed by atoms with Gasteiger partial charge in [0.15, 0.2) is 5.22 Å². The Balaban J connectivity index is 2.05.